The molecule has 1 atom stereocenters. The predicted octanol–water partition coefficient (Wildman–Crippen LogP) is 4.22. The molecule has 2 aliphatic carbocycles. The molecule has 6 rings (SSSR count). The summed E-state index contributed by atoms with van der Waals surface area (Å²) in [5.41, 5.74) is 11.8. The number of nitrogens with one attached hydrogen (secondary N) is 4. The highest BCUT2D eigenvalue weighted by Gasteiger charge is 2.30. The Morgan fingerprint density at radius 3 is 2.46 bits per heavy atom. The predicted molar refractivity (Wildman–Crippen MR) is 178 cm³/mol. The maximum Gasteiger partial charge on any atom is 0.251 e. The maximum atomic E-state index is 13.6. The van der Waals surface area contributed by atoms with Crippen LogP contribution in [-0.2, 0) is 16.0 Å². The fraction of sp³-hybridized carbons (Fsp3) is 0.389. The Labute approximate surface area is 268 Å². The second-order valence-corrected chi connectivity index (χ2v) is 12.9. The number of nitrogens with two attached hydrogens (primary N) is 1. The first-order valence-electron chi connectivity index (χ1n) is 16.2. The third-order valence-corrected chi connectivity index (χ3v) is 9.54. The highest BCUT2D eigenvalue weighted by molar-refractivity contribution is 5.99. The van der Waals surface area contributed by atoms with E-state index in [-0.39, 0.29) is 35.8 Å². The van der Waals surface area contributed by atoms with Crippen LogP contribution in [0.25, 0.3) is 22.0 Å². The van der Waals surface area contributed by atoms with Crippen molar-refractivity contribution < 1.29 is 19.5 Å². The molecule has 2 saturated carbocycles. The first-order valence-corrected chi connectivity index (χ1v) is 16.2. The molecule has 10 heteroatoms. The van der Waals surface area contributed by atoms with E-state index in [0.29, 0.717) is 43.0 Å². The minimum Gasteiger partial charge on any atom is -0.393 e. The summed E-state index contributed by atoms with van der Waals surface area (Å²) >= 11 is 0. The zero-order valence-corrected chi connectivity index (χ0v) is 26.1. The first-order chi connectivity index (χ1) is 22.2. The van der Waals surface area contributed by atoms with Crippen LogP contribution in [0.4, 0.5) is 5.69 Å². The number of hydrogen-bond donors (Lipinski definition) is 6. The van der Waals surface area contributed by atoms with Crippen LogP contribution in [0.3, 0.4) is 0 Å². The molecule has 0 aliphatic heterocycles. The number of hydrogen-bond acceptors (Lipinski definition) is 6. The topological polar surface area (TPSA) is 162 Å². The molecule has 3 amide bonds. The second kappa shape index (κ2) is 13.8. The second-order valence-electron chi connectivity index (χ2n) is 12.9. The van der Waals surface area contributed by atoms with Gasteiger partial charge in [-0.2, -0.15) is 5.10 Å². The van der Waals surface area contributed by atoms with Gasteiger partial charge in [0.1, 0.15) is 6.04 Å². The third kappa shape index (κ3) is 7.29. The van der Waals surface area contributed by atoms with E-state index in [9.17, 15) is 19.5 Å². The fourth-order valence-corrected chi connectivity index (χ4v) is 6.56. The number of aliphatic hydroxyl groups is 1. The largest absolute Gasteiger partial charge is 0.393 e. The molecule has 10 nitrogen and oxygen atoms in total. The van der Waals surface area contributed by atoms with Gasteiger partial charge in [0, 0.05) is 35.0 Å². The molecule has 7 N–H and O–H groups in total. The molecule has 0 radical (unpaired) electrons. The first kappa shape index (κ1) is 31.4. The Balaban J connectivity index is 1.15. The van der Waals surface area contributed by atoms with Crippen LogP contribution in [0.1, 0.15) is 60.0 Å². The number of benzene rings is 3. The number of nitrogens with zero attached hydrogens (tertiary/aromatic N) is 1. The van der Waals surface area contributed by atoms with Gasteiger partial charge >= 0.3 is 0 Å². The molecule has 2 aliphatic rings. The quantitative estimate of drug-likeness (QED) is 0.155. The number of aromatic amines is 1. The molecule has 240 valence electrons. The van der Waals surface area contributed by atoms with Crippen LogP contribution < -0.4 is 21.7 Å². The Hall–Kier alpha value is -4.54. The lowest BCUT2D eigenvalue weighted by Gasteiger charge is -2.32. The number of aliphatic hydroxyl groups excluding tert-OH is 1. The normalized spacial score (nSPS) is 21.6. The molecule has 0 bridgehead atoms. The minimum atomic E-state index is -0.764. The van der Waals surface area contributed by atoms with Crippen molar-refractivity contribution in [1.82, 2.24) is 20.8 Å². The molecule has 0 saturated heterocycles. The van der Waals surface area contributed by atoms with Crippen LogP contribution in [-0.4, -0.2) is 57.8 Å². The average molecular weight is 623 g/mol. The molecule has 46 heavy (non-hydrogen) atoms. The van der Waals surface area contributed by atoms with Crippen LogP contribution in [0, 0.1) is 18.8 Å². The molecule has 3 aromatic carbocycles. The number of amides is 3. The van der Waals surface area contributed by atoms with Crippen molar-refractivity contribution in [2.24, 2.45) is 17.6 Å². The van der Waals surface area contributed by atoms with E-state index in [4.69, 9.17) is 5.73 Å². The smallest absolute Gasteiger partial charge is 0.251 e. The van der Waals surface area contributed by atoms with E-state index in [1.165, 1.54) is 0 Å². The van der Waals surface area contributed by atoms with Gasteiger partial charge in [-0.05, 0) is 110 Å². The number of aromatic nitrogens is 2. The summed E-state index contributed by atoms with van der Waals surface area (Å²) in [4.78, 5) is 39.6. The van der Waals surface area contributed by atoms with Gasteiger partial charge in [-0.15, -0.1) is 0 Å². The van der Waals surface area contributed by atoms with Crippen molar-refractivity contribution in [3.63, 3.8) is 0 Å². The zero-order chi connectivity index (χ0) is 32.2. The average Bonchev–Trinajstić information content (AvgIpc) is 3.52. The maximum absolute atomic E-state index is 13.6. The Bertz CT molecular complexity index is 1700. The van der Waals surface area contributed by atoms with Gasteiger partial charge in [0.15, 0.2) is 0 Å². The lowest BCUT2D eigenvalue weighted by atomic mass is 9.81. The van der Waals surface area contributed by atoms with E-state index in [1.54, 1.807) is 6.20 Å². The van der Waals surface area contributed by atoms with Gasteiger partial charge in [0.2, 0.25) is 11.8 Å². The molecule has 1 aromatic heterocycles. The van der Waals surface area contributed by atoms with Crippen molar-refractivity contribution in [3.8, 4) is 11.1 Å². The lowest BCUT2D eigenvalue weighted by Crippen LogP contribution is -2.48. The van der Waals surface area contributed by atoms with Gasteiger partial charge in [-0.1, -0.05) is 30.3 Å². The van der Waals surface area contributed by atoms with Crippen LogP contribution in [0.15, 0.2) is 66.9 Å². The molecule has 0 spiro atoms. The summed E-state index contributed by atoms with van der Waals surface area (Å²) in [7, 11) is 0. The monoisotopic (exact) mass is 622 g/mol. The van der Waals surface area contributed by atoms with Crippen molar-refractivity contribution in [2.45, 2.75) is 70.1 Å². The number of rotatable bonds is 10. The molecule has 1 heterocycles. The molecular formula is C36H42N6O4. The van der Waals surface area contributed by atoms with E-state index in [0.717, 1.165) is 58.8 Å². The number of fused-ring (bicyclic) bond motifs is 1. The van der Waals surface area contributed by atoms with Crippen LogP contribution >= 0.6 is 0 Å². The van der Waals surface area contributed by atoms with Crippen molar-refractivity contribution in [1.29, 1.82) is 0 Å². The summed E-state index contributed by atoms with van der Waals surface area (Å²) in [5, 5.41) is 26.4. The SMILES string of the molecule is Cc1cc(C(=O)NC2CC(O)C2)ccc1-c1ccc(C[C@H](NC(=O)[C@H]2CC[C@H](CN)CC2)C(=O)Nc2ccc3cn[nH]c3c2)cc1. The third-order valence-electron chi connectivity index (χ3n) is 9.54. The Morgan fingerprint density at radius 1 is 1.00 bits per heavy atom. The summed E-state index contributed by atoms with van der Waals surface area (Å²) in [5.74, 6) is -0.184. The summed E-state index contributed by atoms with van der Waals surface area (Å²) in [6.45, 7) is 2.62. The van der Waals surface area contributed by atoms with Gasteiger partial charge in [-0.3, -0.25) is 19.5 Å². The molecular weight excluding hydrogens is 580 g/mol. The standard InChI is InChI=1S/C36H42N6O4/c1-21-14-26(35(45)40-29-16-30(43)17-29)11-13-31(21)24-6-2-22(3-7-24)15-33(41-34(44)25-8-4-23(19-37)5-9-25)36(46)39-28-12-10-27-20-38-42-32(27)18-28/h2-3,6-7,10-14,18,20,23,25,29-30,33,43H,4-5,8-9,15-17,19,37H2,1H3,(H,38,42)(H,39,46)(H,40,45)(H,41,44)/t23-,25-,29?,30?,33-/m0/s1. The lowest BCUT2D eigenvalue weighted by molar-refractivity contribution is -0.130. The van der Waals surface area contributed by atoms with Crippen LogP contribution in [0.2, 0.25) is 0 Å². The molecule has 0 unspecified atom stereocenters. The van der Waals surface area contributed by atoms with Crippen molar-refractivity contribution in [3.05, 3.63) is 83.6 Å². The highest BCUT2D eigenvalue weighted by Crippen LogP contribution is 2.29. The van der Waals surface area contributed by atoms with Crippen molar-refractivity contribution in [2.75, 3.05) is 11.9 Å². The van der Waals surface area contributed by atoms with Crippen molar-refractivity contribution >= 4 is 34.3 Å². The van der Waals surface area contributed by atoms with Gasteiger partial charge < -0.3 is 26.8 Å². The Morgan fingerprint density at radius 2 is 1.76 bits per heavy atom. The van der Waals surface area contributed by atoms with E-state index in [2.05, 4.69) is 26.1 Å². The Kier molecular flexibility index (Phi) is 9.46. The minimum absolute atomic E-state index is 0.0249. The van der Waals surface area contributed by atoms with Gasteiger partial charge in [0.05, 0.1) is 17.8 Å². The number of carbonyl (C=O) groups is 3. The number of H-pyrrole nitrogens is 1. The summed E-state index contributed by atoms with van der Waals surface area (Å²) in [6, 6.07) is 18.4. The van der Waals surface area contributed by atoms with E-state index < -0.39 is 6.04 Å². The number of aryl methyl sites for hydroxylation is 1. The highest BCUT2D eigenvalue weighted by atomic mass is 16.3. The molecule has 4 aromatic rings. The fourth-order valence-electron chi connectivity index (χ4n) is 6.56. The van der Waals surface area contributed by atoms with Gasteiger partial charge in [0.25, 0.3) is 5.91 Å². The van der Waals surface area contributed by atoms with Gasteiger partial charge in [-0.25, -0.2) is 0 Å². The summed E-state index contributed by atoms with van der Waals surface area (Å²) in [6.07, 6.45) is 6.32. The van der Waals surface area contributed by atoms with Crippen LogP contribution in [0.5, 0.6) is 0 Å². The number of anilines is 1. The summed E-state index contributed by atoms with van der Waals surface area (Å²) < 4.78 is 0. The zero-order valence-electron chi connectivity index (χ0n) is 26.1. The van der Waals surface area contributed by atoms with E-state index >= 15 is 0 Å². The van der Waals surface area contributed by atoms with E-state index in [1.807, 2.05) is 67.6 Å². The molecule has 2 fully saturated rings. The number of carbonyl (C=O) groups excluding carboxylic acids is 3.